The van der Waals surface area contributed by atoms with Crippen molar-refractivity contribution in [2.24, 2.45) is 0 Å². The molecule has 1 heterocycles. The summed E-state index contributed by atoms with van der Waals surface area (Å²) in [7, 11) is 1.59. The van der Waals surface area contributed by atoms with E-state index in [-0.39, 0.29) is 12.4 Å². The average Bonchev–Trinajstić information content (AvgIpc) is 2.41. The Morgan fingerprint density at radius 2 is 2.15 bits per heavy atom. The highest BCUT2D eigenvalue weighted by Gasteiger charge is 2.20. The van der Waals surface area contributed by atoms with E-state index in [1.54, 1.807) is 27.2 Å². The Kier molecular flexibility index (Phi) is 6.35. The Bertz CT molecular complexity index is 435. The second kappa shape index (κ2) is 7.54. The second-order valence-corrected chi connectivity index (χ2v) is 5.20. The maximum Gasteiger partial charge on any atom is 0.141 e. The van der Waals surface area contributed by atoms with Gasteiger partial charge in [0, 0.05) is 50.6 Å². The molecule has 1 atom stereocenters. The van der Waals surface area contributed by atoms with Gasteiger partial charge in [-0.2, -0.15) is 0 Å². The van der Waals surface area contributed by atoms with Gasteiger partial charge in [0.25, 0.3) is 0 Å². The third-order valence-corrected chi connectivity index (χ3v) is 3.25. The Morgan fingerprint density at radius 3 is 2.75 bits per heavy atom. The van der Waals surface area contributed by atoms with Crippen LogP contribution in [0.25, 0.3) is 0 Å². The predicted molar refractivity (Wildman–Crippen MR) is 75.4 cm³/mol. The number of methoxy groups -OCH3 is 1. The van der Waals surface area contributed by atoms with E-state index >= 15 is 0 Å². The van der Waals surface area contributed by atoms with Gasteiger partial charge in [-0.05, 0) is 13.8 Å². The number of aliphatic hydroxyl groups excluding tert-OH is 1. The number of aromatic nitrogens is 1. The van der Waals surface area contributed by atoms with E-state index in [2.05, 4.69) is 10.3 Å². The van der Waals surface area contributed by atoms with Gasteiger partial charge in [-0.25, -0.2) is 0 Å². The number of nitrogens with one attached hydrogen (secondary N) is 1. The topological polar surface area (TPSA) is 94.8 Å². The minimum absolute atomic E-state index is 0.0839. The van der Waals surface area contributed by atoms with E-state index in [4.69, 9.17) is 4.74 Å². The van der Waals surface area contributed by atoms with Gasteiger partial charge < -0.3 is 25.4 Å². The molecule has 0 aliphatic heterocycles. The van der Waals surface area contributed by atoms with Crippen LogP contribution in [0.1, 0.15) is 30.2 Å². The summed E-state index contributed by atoms with van der Waals surface area (Å²) in [4.78, 5) is 4.00. The first-order valence-corrected chi connectivity index (χ1v) is 6.60. The third kappa shape index (κ3) is 4.72. The second-order valence-electron chi connectivity index (χ2n) is 5.20. The van der Waals surface area contributed by atoms with Crippen molar-refractivity contribution >= 4 is 0 Å². The van der Waals surface area contributed by atoms with Crippen molar-refractivity contribution in [2.75, 3.05) is 20.3 Å². The minimum atomic E-state index is -0.882. The lowest BCUT2D eigenvalue weighted by Crippen LogP contribution is -2.38. The Morgan fingerprint density at radius 1 is 1.45 bits per heavy atom. The summed E-state index contributed by atoms with van der Waals surface area (Å²) >= 11 is 0. The molecule has 1 aromatic heterocycles. The summed E-state index contributed by atoms with van der Waals surface area (Å²) in [6.45, 7) is 4.45. The molecule has 0 aliphatic carbocycles. The molecule has 0 spiro atoms. The maximum absolute atomic E-state index is 10.1. The highest BCUT2D eigenvalue weighted by atomic mass is 16.5. The standard InChI is InChI=1S/C14H24N2O4/c1-10-13(18)12(11(8-17)6-16-10)7-15-9-14(2,19)4-5-20-3/h6,15,17-19H,4-5,7-9H2,1-3H3. The summed E-state index contributed by atoms with van der Waals surface area (Å²) in [6.07, 6.45) is 2.07. The van der Waals surface area contributed by atoms with Crippen molar-refractivity contribution in [2.45, 2.75) is 39.0 Å². The van der Waals surface area contributed by atoms with E-state index in [0.29, 0.717) is 42.9 Å². The maximum atomic E-state index is 10.1. The summed E-state index contributed by atoms with van der Waals surface area (Å²) in [5, 5.41) is 32.4. The normalized spacial score (nSPS) is 14.2. The fourth-order valence-corrected chi connectivity index (χ4v) is 1.88. The molecule has 0 amide bonds. The number of aryl methyl sites for hydroxylation is 1. The van der Waals surface area contributed by atoms with Crippen LogP contribution in [0.3, 0.4) is 0 Å². The van der Waals surface area contributed by atoms with E-state index < -0.39 is 5.60 Å². The largest absolute Gasteiger partial charge is 0.506 e. The Balaban J connectivity index is 2.64. The lowest BCUT2D eigenvalue weighted by Gasteiger charge is -2.23. The highest BCUT2D eigenvalue weighted by molar-refractivity contribution is 5.40. The monoisotopic (exact) mass is 284 g/mol. The van der Waals surface area contributed by atoms with Gasteiger partial charge in [-0.3, -0.25) is 4.98 Å². The number of nitrogens with zero attached hydrogens (tertiary/aromatic N) is 1. The third-order valence-electron chi connectivity index (χ3n) is 3.25. The SMILES string of the molecule is COCCC(C)(O)CNCc1c(CO)cnc(C)c1O. The minimum Gasteiger partial charge on any atom is -0.506 e. The van der Waals surface area contributed by atoms with Crippen molar-refractivity contribution in [3.05, 3.63) is 23.0 Å². The molecular weight excluding hydrogens is 260 g/mol. The average molecular weight is 284 g/mol. The van der Waals surface area contributed by atoms with Crippen molar-refractivity contribution in [1.82, 2.24) is 10.3 Å². The van der Waals surface area contributed by atoms with Crippen LogP contribution < -0.4 is 5.32 Å². The molecule has 0 radical (unpaired) electrons. The molecule has 1 rings (SSSR count). The number of rotatable bonds is 8. The molecule has 6 heteroatoms. The molecule has 114 valence electrons. The van der Waals surface area contributed by atoms with Gasteiger partial charge in [0.2, 0.25) is 0 Å². The lowest BCUT2D eigenvalue weighted by molar-refractivity contribution is 0.0247. The number of aromatic hydroxyl groups is 1. The number of ether oxygens (including phenoxy) is 1. The van der Waals surface area contributed by atoms with Gasteiger partial charge in [0.1, 0.15) is 5.75 Å². The molecule has 0 bridgehead atoms. The highest BCUT2D eigenvalue weighted by Crippen LogP contribution is 2.23. The first-order chi connectivity index (χ1) is 9.41. The molecular formula is C14H24N2O4. The fourth-order valence-electron chi connectivity index (χ4n) is 1.88. The van der Waals surface area contributed by atoms with Gasteiger partial charge in [0.05, 0.1) is 17.9 Å². The van der Waals surface area contributed by atoms with Crippen LogP contribution in [-0.4, -0.2) is 46.2 Å². The zero-order valence-electron chi connectivity index (χ0n) is 12.3. The number of pyridine rings is 1. The molecule has 0 aromatic carbocycles. The van der Waals surface area contributed by atoms with Crippen LogP contribution >= 0.6 is 0 Å². The summed E-state index contributed by atoms with van der Waals surface area (Å²) in [5.74, 6) is 0.0839. The van der Waals surface area contributed by atoms with Crippen molar-refractivity contribution < 1.29 is 20.1 Å². The number of hydrogen-bond donors (Lipinski definition) is 4. The van der Waals surface area contributed by atoms with Crippen LogP contribution in [0, 0.1) is 6.92 Å². The molecule has 1 unspecified atom stereocenters. The van der Waals surface area contributed by atoms with Crippen molar-refractivity contribution in [3.8, 4) is 5.75 Å². The summed E-state index contributed by atoms with van der Waals surface area (Å²) in [6, 6.07) is 0. The molecule has 0 fully saturated rings. The van der Waals surface area contributed by atoms with Crippen molar-refractivity contribution in [1.29, 1.82) is 0 Å². The Labute approximate surface area is 119 Å². The van der Waals surface area contributed by atoms with E-state index in [0.717, 1.165) is 0 Å². The smallest absolute Gasteiger partial charge is 0.141 e. The molecule has 20 heavy (non-hydrogen) atoms. The molecule has 0 aliphatic rings. The summed E-state index contributed by atoms with van der Waals surface area (Å²) < 4.78 is 4.94. The van der Waals surface area contributed by atoms with Gasteiger partial charge in [0.15, 0.2) is 0 Å². The van der Waals surface area contributed by atoms with E-state index in [1.807, 2.05) is 0 Å². The van der Waals surface area contributed by atoms with Crippen LogP contribution in [0.15, 0.2) is 6.20 Å². The first-order valence-electron chi connectivity index (χ1n) is 6.60. The zero-order chi connectivity index (χ0) is 15.2. The predicted octanol–water partition coefficient (Wildman–Crippen LogP) is 0.465. The fraction of sp³-hybridized carbons (Fsp3) is 0.643. The van der Waals surface area contributed by atoms with E-state index in [1.165, 1.54) is 0 Å². The Hall–Kier alpha value is -1.21. The first kappa shape index (κ1) is 16.8. The molecule has 0 saturated carbocycles. The van der Waals surface area contributed by atoms with Crippen LogP contribution in [0.2, 0.25) is 0 Å². The molecule has 6 nitrogen and oxygen atoms in total. The van der Waals surface area contributed by atoms with Crippen molar-refractivity contribution in [3.63, 3.8) is 0 Å². The van der Waals surface area contributed by atoms with Crippen LogP contribution in [0.4, 0.5) is 0 Å². The number of aliphatic hydroxyl groups is 2. The van der Waals surface area contributed by atoms with E-state index in [9.17, 15) is 15.3 Å². The molecule has 1 aromatic rings. The molecule has 4 N–H and O–H groups in total. The summed E-state index contributed by atoms with van der Waals surface area (Å²) in [5.41, 5.74) is 0.831. The zero-order valence-corrected chi connectivity index (χ0v) is 12.3. The van der Waals surface area contributed by atoms with Gasteiger partial charge in [-0.1, -0.05) is 0 Å². The number of hydrogen-bond acceptors (Lipinski definition) is 6. The molecule has 0 saturated heterocycles. The van der Waals surface area contributed by atoms with Gasteiger partial charge >= 0.3 is 0 Å². The van der Waals surface area contributed by atoms with Crippen LogP contribution in [0.5, 0.6) is 5.75 Å². The van der Waals surface area contributed by atoms with Gasteiger partial charge in [-0.15, -0.1) is 0 Å². The lowest BCUT2D eigenvalue weighted by atomic mass is 10.0. The quantitative estimate of drug-likeness (QED) is 0.554. The van der Waals surface area contributed by atoms with Crippen LogP contribution in [-0.2, 0) is 17.9 Å².